The average molecular weight is 730 g/mol. The maximum Gasteiger partial charge on any atom is 0.143 e. The fraction of sp³-hybridized carbons (Fsp3) is 0.0182. The summed E-state index contributed by atoms with van der Waals surface area (Å²) in [5.74, 6) is 0. The molecule has 0 amide bonds. The van der Waals surface area contributed by atoms with E-state index in [1.165, 1.54) is 33.0 Å². The predicted octanol–water partition coefficient (Wildman–Crippen LogP) is 15.5. The van der Waals surface area contributed by atoms with E-state index in [9.17, 15) is 0 Å². The van der Waals surface area contributed by atoms with E-state index in [-0.39, 0.29) is 0 Å². The van der Waals surface area contributed by atoms with Gasteiger partial charge in [-0.05, 0) is 64.6 Å². The Balaban J connectivity index is 1.42. The van der Waals surface area contributed by atoms with Crippen LogP contribution >= 0.6 is 0 Å². The summed E-state index contributed by atoms with van der Waals surface area (Å²) in [6, 6.07) is 65.2. The van der Waals surface area contributed by atoms with Gasteiger partial charge < -0.3 is 8.98 Å². The maximum atomic E-state index is 6.57. The number of furan rings is 1. The molecule has 0 aliphatic carbocycles. The first-order chi connectivity index (χ1) is 28.2. The Morgan fingerprint density at radius 3 is 1.82 bits per heavy atom. The third kappa shape index (κ3) is 5.65. The summed E-state index contributed by atoms with van der Waals surface area (Å²) in [5.41, 5.74) is 16.6. The standard InChI is InChI=1S/C55H39NO/c1-3-20-37(21-4-2)51-49(38-22-8-5-9-23-38)50(39-24-10-6-11-25-39)52(40-26-12-7-13-27-40)54-53(51)46-31-14-16-34-47(46)56(54)42-29-18-28-41(36-42)43-32-19-33-45-44-30-15-17-35-48(44)57-55(43)45/h3-36H,1H2,2H3/b21-4-,37-20+. The van der Waals surface area contributed by atoms with Crippen LogP contribution in [0.5, 0.6) is 0 Å². The van der Waals surface area contributed by atoms with Gasteiger partial charge in [-0.25, -0.2) is 0 Å². The number of benzene rings is 8. The molecule has 2 aromatic heterocycles. The first-order valence-corrected chi connectivity index (χ1v) is 19.5. The summed E-state index contributed by atoms with van der Waals surface area (Å²) in [6.45, 7) is 6.29. The quantitative estimate of drug-likeness (QED) is 0.142. The van der Waals surface area contributed by atoms with E-state index in [4.69, 9.17) is 4.42 Å². The van der Waals surface area contributed by atoms with Crippen molar-refractivity contribution < 1.29 is 4.42 Å². The van der Waals surface area contributed by atoms with E-state index in [1.54, 1.807) is 0 Å². The lowest BCUT2D eigenvalue weighted by Gasteiger charge is -2.24. The van der Waals surface area contributed by atoms with Gasteiger partial charge >= 0.3 is 0 Å². The minimum atomic E-state index is 0.894. The largest absolute Gasteiger partial charge is 0.455 e. The lowest BCUT2D eigenvalue weighted by Crippen LogP contribution is -2.02. The minimum Gasteiger partial charge on any atom is -0.455 e. The molecule has 2 nitrogen and oxygen atoms in total. The number of para-hydroxylation sites is 3. The van der Waals surface area contributed by atoms with Crippen molar-refractivity contribution in [2.75, 3.05) is 0 Å². The van der Waals surface area contributed by atoms with Crippen LogP contribution in [-0.4, -0.2) is 4.57 Å². The Morgan fingerprint density at radius 2 is 1.12 bits per heavy atom. The third-order valence-electron chi connectivity index (χ3n) is 11.1. The Bertz CT molecular complexity index is 3180. The molecule has 270 valence electrons. The summed E-state index contributed by atoms with van der Waals surface area (Å²) < 4.78 is 9.05. The Hall–Kier alpha value is -7.42. The normalized spacial score (nSPS) is 12.1. The summed E-state index contributed by atoms with van der Waals surface area (Å²) in [5, 5.41) is 4.62. The van der Waals surface area contributed by atoms with Gasteiger partial charge in [0.2, 0.25) is 0 Å². The Labute approximate surface area is 332 Å². The van der Waals surface area contributed by atoms with Crippen molar-refractivity contribution in [3.8, 4) is 50.2 Å². The van der Waals surface area contributed by atoms with Crippen LogP contribution in [0.15, 0.2) is 217 Å². The molecule has 8 aromatic carbocycles. The molecule has 2 heterocycles. The second-order valence-electron chi connectivity index (χ2n) is 14.4. The highest BCUT2D eigenvalue weighted by atomic mass is 16.3. The van der Waals surface area contributed by atoms with E-state index in [0.29, 0.717) is 0 Å². The molecule has 0 spiro atoms. The van der Waals surface area contributed by atoms with Crippen molar-refractivity contribution in [3.63, 3.8) is 0 Å². The highest BCUT2D eigenvalue weighted by Gasteiger charge is 2.29. The van der Waals surface area contributed by atoms with Gasteiger partial charge in [-0.2, -0.15) is 0 Å². The molecule has 10 rings (SSSR count). The third-order valence-corrected chi connectivity index (χ3v) is 11.1. The van der Waals surface area contributed by atoms with Gasteiger partial charge in [0.15, 0.2) is 0 Å². The van der Waals surface area contributed by atoms with Crippen molar-refractivity contribution in [2.45, 2.75) is 6.92 Å². The summed E-state index contributed by atoms with van der Waals surface area (Å²) in [7, 11) is 0. The van der Waals surface area contributed by atoms with E-state index < -0.39 is 0 Å². The van der Waals surface area contributed by atoms with E-state index in [0.717, 1.165) is 72.0 Å². The van der Waals surface area contributed by atoms with E-state index >= 15 is 0 Å². The first kappa shape index (κ1) is 34.1. The van der Waals surface area contributed by atoms with E-state index in [1.807, 2.05) is 18.2 Å². The van der Waals surface area contributed by atoms with Crippen molar-refractivity contribution in [1.82, 2.24) is 4.57 Å². The van der Waals surface area contributed by atoms with Gasteiger partial charge in [0.1, 0.15) is 11.2 Å². The highest BCUT2D eigenvalue weighted by Crippen LogP contribution is 2.53. The second kappa shape index (κ2) is 14.3. The molecule has 0 aliphatic heterocycles. The van der Waals surface area contributed by atoms with Crippen LogP contribution in [0.2, 0.25) is 0 Å². The van der Waals surface area contributed by atoms with Crippen LogP contribution in [0.3, 0.4) is 0 Å². The lowest BCUT2D eigenvalue weighted by atomic mass is 9.80. The molecule has 0 atom stereocenters. The van der Waals surface area contributed by atoms with Crippen molar-refractivity contribution >= 4 is 49.3 Å². The molecule has 57 heavy (non-hydrogen) atoms. The zero-order chi connectivity index (χ0) is 38.3. The van der Waals surface area contributed by atoms with Crippen LogP contribution in [-0.2, 0) is 0 Å². The fourth-order valence-electron chi connectivity index (χ4n) is 8.77. The van der Waals surface area contributed by atoms with Crippen LogP contribution in [0, 0.1) is 0 Å². The number of hydrogen-bond acceptors (Lipinski definition) is 1. The van der Waals surface area contributed by atoms with Gasteiger partial charge in [0, 0.05) is 49.5 Å². The minimum absolute atomic E-state index is 0.894. The Kier molecular flexibility index (Phi) is 8.58. The fourth-order valence-corrected chi connectivity index (χ4v) is 8.77. The highest BCUT2D eigenvalue weighted by molar-refractivity contribution is 6.25. The zero-order valence-corrected chi connectivity index (χ0v) is 31.7. The monoisotopic (exact) mass is 729 g/mol. The molecular formula is C55H39NO. The molecule has 10 aromatic rings. The van der Waals surface area contributed by atoms with Gasteiger partial charge in [0.05, 0.1) is 11.0 Å². The van der Waals surface area contributed by atoms with Crippen LogP contribution in [0.25, 0.3) is 99.5 Å². The molecule has 0 saturated heterocycles. The number of fused-ring (bicyclic) bond motifs is 6. The van der Waals surface area contributed by atoms with Crippen LogP contribution in [0.4, 0.5) is 0 Å². The molecular weight excluding hydrogens is 691 g/mol. The zero-order valence-electron chi connectivity index (χ0n) is 31.7. The molecule has 0 aliphatic rings. The van der Waals surface area contributed by atoms with Crippen LogP contribution in [0.1, 0.15) is 12.5 Å². The molecule has 0 saturated carbocycles. The Morgan fingerprint density at radius 1 is 0.544 bits per heavy atom. The molecule has 0 fully saturated rings. The SMILES string of the molecule is C=C/C=C(\C=C/C)c1c(-c2ccccc2)c(-c2ccccc2)c(-c2ccccc2)c2c1c1ccccc1n2-c1cccc(-c2cccc3c2oc2ccccc23)c1. The number of allylic oxidation sites excluding steroid dienone is 5. The van der Waals surface area contributed by atoms with Gasteiger partial charge in [-0.1, -0.05) is 189 Å². The molecule has 0 unspecified atom stereocenters. The van der Waals surface area contributed by atoms with Crippen molar-refractivity contribution in [3.05, 3.63) is 218 Å². The lowest BCUT2D eigenvalue weighted by molar-refractivity contribution is 0.670. The topological polar surface area (TPSA) is 18.1 Å². The molecule has 2 heteroatoms. The summed E-state index contributed by atoms with van der Waals surface area (Å²) in [4.78, 5) is 0. The predicted molar refractivity (Wildman–Crippen MR) is 243 cm³/mol. The van der Waals surface area contributed by atoms with Crippen LogP contribution < -0.4 is 0 Å². The number of aromatic nitrogens is 1. The summed E-state index contributed by atoms with van der Waals surface area (Å²) in [6.07, 6.45) is 8.41. The van der Waals surface area contributed by atoms with Gasteiger partial charge in [-0.3, -0.25) is 0 Å². The van der Waals surface area contributed by atoms with Crippen molar-refractivity contribution in [2.24, 2.45) is 0 Å². The summed E-state index contributed by atoms with van der Waals surface area (Å²) >= 11 is 0. The molecule has 0 radical (unpaired) electrons. The average Bonchev–Trinajstić information content (AvgIpc) is 3.83. The van der Waals surface area contributed by atoms with Gasteiger partial charge in [0.25, 0.3) is 0 Å². The van der Waals surface area contributed by atoms with E-state index in [2.05, 4.69) is 206 Å². The first-order valence-electron chi connectivity index (χ1n) is 19.5. The number of rotatable bonds is 8. The number of hydrogen-bond donors (Lipinski definition) is 0. The second-order valence-corrected chi connectivity index (χ2v) is 14.4. The molecule has 0 N–H and O–H groups in total. The molecule has 0 bridgehead atoms. The van der Waals surface area contributed by atoms with Gasteiger partial charge in [-0.15, -0.1) is 0 Å². The maximum absolute atomic E-state index is 6.57. The smallest absolute Gasteiger partial charge is 0.143 e. The van der Waals surface area contributed by atoms with Crippen molar-refractivity contribution in [1.29, 1.82) is 0 Å². The number of nitrogens with zero attached hydrogens (tertiary/aromatic N) is 1.